The molecule has 0 bridgehead atoms. The molecule has 0 spiro atoms. The lowest BCUT2D eigenvalue weighted by molar-refractivity contribution is 0.396. The fourth-order valence-electron chi connectivity index (χ4n) is 3.00. The third-order valence-electron chi connectivity index (χ3n) is 4.36. The molecule has 0 saturated carbocycles. The molecule has 2 aromatic rings. The molecule has 1 fully saturated rings. The Bertz CT molecular complexity index is 816. The lowest BCUT2D eigenvalue weighted by atomic mass is 10.1. The fourth-order valence-corrected chi connectivity index (χ4v) is 4.68. The van der Waals surface area contributed by atoms with Crippen molar-refractivity contribution in [3.05, 3.63) is 53.2 Å². The van der Waals surface area contributed by atoms with Crippen LogP contribution in [0.15, 0.2) is 41.4 Å². The Balaban J connectivity index is 1.97. The highest BCUT2D eigenvalue weighted by Crippen LogP contribution is 2.36. The molecule has 0 amide bonds. The molecule has 2 heterocycles. The highest BCUT2D eigenvalue weighted by atomic mass is 32.2. The van der Waals surface area contributed by atoms with Crippen LogP contribution in [0.5, 0.6) is 0 Å². The molecule has 0 radical (unpaired) electrons. The molecule has 23 heavy (non-hydrogen) atoms. The third kappa shape index (κ3) is 2.96. The first kappa shape index (κ1) is 16.0. The first-order valence-corrected chi connectivity index (χ1v) is 9.14. The molecule has 6 heteroatoms. The van der Waals surface area contributed by atoms with Crippen LogP contribution in [0.3, 0.4) is 0 Å². The zero-order valence-corrected chi connectivity index (χ0v) is 14.2. The topological polar surface area (TPSA) is 76.3 Å². The van der Waals surface area contributed by atoms with Crippen LogP contribution in [0.4, 0.5) is 5.82 Å². The smallest absolute Gasteiger partial charge is 0.243 e. The van der Waals surface area contributed by atoms with E-state index in [9.17, 15) is 8.42 Å². The number of rotatable bonds is 3. The molecule has 1 aromatic heterocycles. The van der Waals surface area contributed by atoms with Gasteiger partial charge in [0.15, 0.2) is 0 Å². The first-order chi connectivity index (χ1) is 10.9. The number of hydrogen-bond acceptors (Lipinski definition) is 4. The van der Waals surface area contributed by atoms with Crippen molar-refractivity contribution in [3.63, 3.8) is 0 Å². The second-order valence-corrected chi connectivity index (χ2v) is 7.95. The largest absolute Gasteiger partial charge is 0.383 e. The summed E-state index contributed by atoms with van der Waals surface area (Å²) in [6.07, 6.45) is 3.34. The molecular formula is C17H21N3O2S. The van der Waals surface area contributed by atoms with Gasteiger partial charge in [0.25, 0.3) is 0 Å². The SMILES string of the molecule is Cc1ccc(S(=O)(=O)N2CCC[C@H]2c2cnc(N)c(C)c2)cc1. The molecule has 1 atom stereocenters. The van der Waals surface area contributed by atoms with Gasteiger partial charge in [-0.25, -0.2) is 13.4 Å². The van der Waals surface area contributed by atoms with Gasteiger partial charge in [-0.05, 0) is 56.0 Å². The van der Waals surface area contributed by atoms with Crippen molar-refractivity contribution >= 4 is 15.8 Å². The van der Waals surface area contributed by atoms with Crippen LogP contribution in [-0.4, -0.2) is 24.3 Å². The fraction of sp³-hybridized carbons (Fsp3) is 0.353. The summed E-state index contributed by atoms with van der Waals surface area (Å²) in [5, 5.41) is 0. The van der Waals surface area contributed by atoms with Crippen molar-refractivity contribution in [3.8, 4) is 0 Å². The van der Waals surface area contributed by atoms with Crippen LogP contribution in [0.1, 0.15) is 35.6 Å². The quantitative estimate of drug-likeness (QED) is 0.938. The molecule has 1 saturated heterocycles. The molecule has 2 N–H and O–H groups in total. The number of aromatic nitrogens is 1. The minimum atomic E-state index is -3.50. The summed E-state index contributed by atoms with van der Waals surface area (Å²) in [6.45, 7) is 4.36. The van der Waals surface area contributed by atoms with Crippen molar-refractivity contribution in [2.24, 2.45) is 0 Å². The second-order valence-electron chi connectivity index (χ2n) is 6.06. The standard InChI is InChI=1S/C17H21N3O2S/c1-12-5-7-15(8-6-12)23(21,22)20-9-3-4-16(20)14-10-13(2)17(18)19-11-14/h5-8,10-11,16H,3-4,9H2,1-2H3,(H2,18,19)/t16-/m0/s1. The van der Waals surface area contributed by atoms with E-state index in [4.69, 9.17) is 5.73 Å². The minimum absolute atomic E-state index is 0.173. The Hall–Kier alpha value is -1.92. The maximum Gasteiger partial charge on any atom is 0.243 e. The Labute approximate surface area is 137 Å². The number of aryl methyl sites for hydroxylation is 2. The Morgan fingerprint density at radius 3 is 2.57 bits per heavy atom. The first-order valence-electron chi connectivity index (χ1n) is 7.70. The van der Waals surface area contributed by atoms with Crippen LogP contribution in [0.25, 0.3) is 0 Å². The molecule has 3 rings (SSSR count). The zero-order valence-electron chi connectivity index (χ0n) is 13.4. The molecule has 0 unspecified atom stereocenters. The van der Waals surface area contributed by atoms with Gasteiger partial charge in [-0.15, -0.1) is 0 Å². The van der Waals surface area contributed by atoms with Gasteiger partial charge >= 0.3 is 0 Å². The lowest BCUT2D eigenvalue weighted by Crippen LogP contribution is -2.30. The van der Waals surface area contributed by atoms with Gasteiger partial charge in [-0.3, -0.25) is 0 Å². The normalized spacial score (nSPS) is 19.1. The van der Waals surface area contributed by atoms with Crippen molar-refractivity contribution in [1.29, 1.82) is 0 Å². The molecule has 1 aliphatic rings. The van der Waals surface area contributed by atoms with E-state index in [1.54, 1.807) is 22.6 Å². The van der Waals surface area contributed by atoms with Crippen molar-refractivity contribution in [2.75, 3.05) is 12.3 Å². The van der Waals surface area contributed by atoms with Crippen LogP contribution >= 0.6 is 0 Å². The number of hydrogen-bond donors (Lipinski definition) is 1. The van der Waals surface area contributed by atoms with Gasteiger partial charge in [0, 0.05) is 12.7 Å². The van der Waals surface area contributed by atoms with Crippen molar-refractivity contribution < 1.29 is 8.42 Å². The van der Waals surface area contributed by atoms with E-state index in [-0.39, 0.29) is 6.04 Å². The molecule has 5 nitrogen and oxygen atoms in total. The van der Waals surface area contributed by atoms with Gasteiger partial charge in [-0.1, -0.05) is 17.7 Å². The second kappa shape index (κ2) is 5.94. The van der Waals surface area contributed by atoms with Crippen LogP contribution in [0, 0.1) is 13.8 Å². The summed E-state index contributed by atoms with van der Waals surface area (Å²) < 4.78 is 27.5. The maximum atomic E-state index is 13.0. The van der Waals surface area contributed by atoms with E-state index in [0.29, 0.717) is 17.3 Å². The number of nitrogens with zero attached hydrogens (tertiary/aromatic N) is 2. The average molecular weight is 331 g/mol. The summed E-state index contributed by atoms with van der Waals surface area (Å²) in [7, 11) is -3.50. The van der Waals surface area contributed by atoms with Crippen LogP contribution in [-0.2, 0) is 10.0 Å². The molecule has 0 aliphatic carbocycles. The van der Waals surface area contributed by atoms with Crippen molar-refractivity contribution in [1.82, 2.24) is 9.29 Å². The highest BCUT2D eigenvalue weighted by molar-refractivity contribution is 7.89. The number of nitrogens with two attached hydrogens (primary N) is 1. The number of anilines is 1. The third-order valence-corrected chi connectivity index (χ3v) is 6.28. The lowest BCUT2D eigenvalue weighted by Gasteiger charge is -2.24. The van der Waals surface area contributed by atoms with Gasteiger partial charge in [0.1, 0.15) is 5.82 Å². The predicted octanol–water partition coefficient (Wildman–Crippen LogP) is 2.81. The minimum Gasteiger partial charge on any atom is -0.383 e. The van der Waals surface area contributed by atoms with E-state index < -0.39 is 10.0 Å². The monoisotopic (exact) mass is 331 g/mol. The molecule has 1 aromatic carbocycles. The van der Waals surface area contributed by atoms with Gasteiger partial charge in [0.05, 0.1) is 10.9 Å². The summed E-state index contributed by atoms with van der Waals surface area (Å²) in [5.74, 6) is 0.486. The van der Waals surface area contributed by atoms with Crippen LogP contribution < -0.4 is 5.73 Å². The van der Waals surface area contributed by atoms with Crippen LogP contribution in [0.2, 0.25) is 0 Å². The number of sulfonamides is 1. The van der Waals surface area contributed by atoms with E-state index in [1.165, 1.54) is 0 Å². The van der Waals surface area contributed by atoms with E-state index in [2.05, 4.69) is 4.98 Å². The Kier molecular flexibility index (Phi) is 4.12. The number of nitrogen functional groups attached to an aromatic ring is 1. The van der Waals surface area contributed by atoms with Gasteiger partial charge in [0.2, 0.25) is 10.0 Å². The molecule has 122 valence electrons. The predicted molar refractivity (Wildman–Crippen MR) is 90.4 cm³/mol. The Morgan fingerprint density at radius 2 is 1.91 bits per heavy atom. The maximum absolute atomic E-state index is 13.0. The molecule has 1 aliphatic heterocycles. The average Bonchev–Trinajstić information content (AvgIpc) is 3.01. The number of benzene rings is 1. The molecular weight excluding hydrogens is 310 g/mol. The van der Waals surface area contributed by atoms with Gasteiger partial charge in [-0.2, -0.15) is 4.31 Å². The summed E-state index contributed by atoms with van der Waals surface area (Å²) in [4.78, 5) is 4.52. The Morgan fingerprint density at radius 1 is 1.22 bits per heavy atom. The summed E-state index contributed by atoms with van der Waals surface area (Å²) >= 11 is 0. The zero-order chi connectivity index (χ0) is 16.6. The summed E-state index contributed by atoms with van der Waals surface area (Å²) in [6, 6.07) is 8.77. The van der Waals surface area contributed by atoms with Crippen molar-refractivity contribution in [2.45, 2.75) is 37.6 Å². The van der Waals surface area contributed by atoms with Gasteiger partial charge < -0.3 is 5.73 Å². The highest BCUT2D eigenvalue weighted by Gasteiger charge is 2.36. The number of pyridine rings is 1. The van der Waals surface area contributed by atoms with E-state index in [1.807, 2.05) is 32.0 Å². The van der Waals surface area contributed by atoms with E-state index >= 15 is 0 Å². The summed E-state index contributed by atoms with van der Waals surface area (Å²) in [5.41, 5.74) is 8.60. The van der Waals surface area contributed by atoms with E-state index in [0.717, 1.165) is 29.5 Å².